The second-order valence-corrected chi connectivity index (χ2v) is 7.04. The van der Waals surface area contributed by atoms with Crippen LogP contribution in [0, 0.1) is 0 Å². The molecule has 2 aliphatic rings. The second kappa shape index (κ2) is 6.02. The van der Waals surface area contributed by atoms with Gasteiger partial charge in [-0.2, -0.15) is 5.10 Å². The number of amides is 1. The Morgan fingerprint density at radius 3 is 2.71 bits per heavy atom. The van der Waals surface area contributed by atoms with Crippen LogP contribution in [-0.4, -0.2) is 44.2 Å². The molecular formula is C18H23N5O. The summed E-state index contributed by atoms with van der Waals surface area (Å²) in [6.07, 6.45) is 10.2. The molecule has 0 aromatic carbocycles. The molecule has 1 amide bonds. The molecule has 2 aliphatic heterocycles. The van der Waals surface area contributed by atoms with E-state index >= 15 is 0 Å². The summed E-state index contributed by atoms with van der Waals surface area (Å²) in [6, 6.07) is 4.14. The molecule has 2 fully saturated rings. The van der Waals surface area contributed by atoms with Gasteiger partial charge in [-0.15, -0.1) is 0 Å². The Morgan fingerprint density at radius 2 is 2.04 bits per heavy atom. The highest BCUT2D eigenvalue weighted by Crippen LogP contribution is 2.43. The zero-order valence-corrected chi connectivity index (χ0v) is 14.0. The van der Waals surface area contributed by atoms with Crippen molar-refractivity contribution in [2.45, 2.75) is 37.3 Å². The van der Waals surface area contributed by atoms with Gasteiger partial charge in [0, 0.05) is 63.2 Å². The molecule has 2 aromatic heterocycles. The summed E-state index contributed by atoms with van der Waals surface area (Å²) in [7, 11) is 1.93. The lowest BCUT2D eigenvalue weighted by molar-refractivity contribution is -0.120. The van der Waals surface area contributed by atoms with Crippen molar-refractivity contribution in [1.29, 1.82) is 0 Å². The van der Waals surface area contributed by atoms with E-state index in [9.17, 15) is 4.79 Å². The number of rotatable bonds is 3. The van der Waals surface area contributed by atoms with E-state index in [1.807, 2.05) is 30.3 Å². The smallest absolute Gasteiger partial charge is 0.221 e. The Morgan fingerprint density at radius 1 is 1.29 bits per heavy atom. The molecule has 0 unspecified atom stereocenters. The SMILES string of the molecule is Cn1cc([C@@H]2CC(=O)NC23CCN(Cc2ccncc2)CC3)cn1. The van der Waals surface area contributed by atoms with E-state index in [1.165, 1.54) is 11.1 Å². The van der Waals surface area contributed by atoms with Crippen LogP contribution in [-0.2, 0) is 18.4 Å². The average molecular weight is 325 g/mol. The number of aryl methyl sites for hydroxylation is 1. The minimum atomic E-state index is -0.102. The van der Waals surface area contributed by atoms with Gasteiger partial charge in [0.1, 0.15) is 0 Å². The van der Waals surface area contributed by atoms with Gasteiger partial charge in [0.2, 0.25) is 5.91 Å². The lowest BCUT2D eigenvalue weighted by atomic mass is 9.75. The van der Waals surface area contributed by atoms with Crippen molar-refractivity contribution in [2.24, 2.45) is 7.05 Å². The normalized spacial score (nSPS) is 23.5. The molecule has 0 radical (unpaired) electrons. The monoisotopic (exact) mass is 325 g/mol. The highest BCUT2D eigenvalue weighted by molar-refractivity contribution is 5.81. The van der Waals surface area contributed by atoms with Crippen LogP contribution in [0.5, 0.6) is 0 Å². The summed E-state index contributed by atoms with van der Waals surface area (Å²) in [5.41, 5.74) is 2.37. The summed E-state index contributed by atoms with van der Waals surface area (Å²) >= 11 is 0. The first kappa shape index (κ1) is 15.3. The molecule has 126 valence electrons. The lowest BCUT2D eigenvalue weighted by Gasteiger charge is -2.42. The number of carbonyl (C=O) groups excluding carboxylic acids is 1. The molecule has 4 rings (SSSR count). The molecule has 1 atom stereocenters. The molecular weight excluding hydrogens is 302 g/mol. The van der Waals surface area contributed by atoms with Crippen molar-refractivity contribution in [3.05, 3.63) is 48.0 Å². The molecule has 6 heteroatoms. The molecule has 2 saturated heterocycles. The zero-order valence-electron chi connectivity index (χ0n) is 14.0. The lowest BCUT2D eigenvalue weighted by Crippen LogP contribution is -2.53. The fourth-order valence-corrected chi connectivity index (χ4v) is 4.18. The van der Waals surface area contributed by atoms with Crippen LogP contribution in [0.25, 0.3) is 0 Å². The number of likely N-dealkylation sites (tertiary alicyclic amines) is 1. The van der Waals surface area contributed by atoms with Crippen LogP contribution < -0.4 is 5.32 Å². The minimum Gasteiger partial charge on any atom is -0.350 e. The van der Waals surface area contributed by atoms with E-state index in [1.54, 1.807) is 0 Å². The van der Waals surface area contributed by atoms with Crippen LogP contribution in [0.1, 0.15) is 36.3 Å². The van der Waals surface area contributed by atoms with Gasteiger partial charge in [0.15, 0.2) is 0 Å². The predicted octanol–water partition coefficient (Wildman–Crippen LogP) is 1.45. The average Bonchev–Trinajstić information content (AvgIpc) is 3.14. The van der Waals surface area contributed by atoms with E-state index in [0.29, 0.717) is 6.42 Å². The van der Waals surface area contributed by atoms with Crippen molar-refractivity contribution >= 4 is 5.91 Å². The van der Waals surface area contributed by atoms with Crippen molar-refractivity contribution in [1.82, 2.24) is 25.0 Å². The summed E-state index contributed by atoms with van der Waals surface area (Å²) in [5, 5.41) is 7.60. The molecule has 2 aromatic rings. The Bertz CT molecular complexity index is 718. The standard InChI is InChI=1S/C18H23N5O/c1-22-13-15(11-20-22)16-10-17(24)21-18(16)4-8-23(9-5-18)12-14-2-6-19-7-3-14/h2-3,6-7,11,13,16H,4-5,8-10,12H2,1H3,(H,21,24)/t16-/m0/s1. The molecule has 0 bridgehead atoms. The third-order valence-electron chi connectivity index (χ3n) is 5.48. The van der Waals surface area contributed by atoms with Crippen molar-refractivity contribution < 1.29 is 4.79 Å². The van der Waals surface area contributed by atoms with Crippen molar-refractivity contribution in [3.8, 4) is 0 Å². The van der Waals surface area contributed by atoms with Gasteiger partial charge in [0.25, 0.3) is 0 Å². The minimum absolute atomic E-state index is 0.102. The van der Waals surface area contributed by atoms with E-state index in [4.69, 9.17) is 0 Å². The fourth-order valence-electron chi connectivity index (χ4n) is 4.18. The van der Waals surface area contributed by atoms with Crippen LogP contribution in [0.4, 0.5) is 0 Å². The first-order valence-electron chi connectivity index (χ1n) is 8.55. The van der Waals surface area contributed by atoms with Gasteiger partial charge in [-0.1, -0.05) is 0 Å². The van der Waals surface area contributed by atoms with Crippen LogP contribution >= 0.6 is 0 Å². The number of nitrogens with zero attached hydrogens (tertiary/aromatic N) is 4. The Hall–Kier alpha value is -2.21. The Kier molecular flexibility index (Phi) is 3.84. The summed E-state index contributed by atoms with van der Waals surface area (Å²) in [6.45, 7) is 2.95. The fraction of sp³-hybridized carbons (Fsp3) is 0.500. The highest BCUT2D eigenvalue weighted by atomic mass is 16.2. The number of nitrogens with one attached hydrogen (secondary N) is 1. The maximum Gasteiger partial charge on any atom is 0.221 e. The van der Waals surface area contributed by atoms with E-state index in [2.05, 4.69) is 38.6 Å². The van der Waals surface area contributed by atoms with E-state index in [-0.39, 0.29) is 17.4 Å². The quantitative estimate of drug-likeness (QED) is 0.928. The third kappa shape index (κ3) is 2.82. The molecule has 6 nitrogen and oxygen atoms in total. The van der Waals surface area contributed by atoms with E-state index < -0.39 is 0 Å². The second-order valence-electron chi connectivity index (χ2n) is 7.04. The van der Waals surface area contributed by atoms with Gasteiger partial charge in [-0.05, 0) is 36.1 Å². The maximum atomic E-state index is 12.1. The molecule has 1 spiro atoms. The molecule has 0 saturated carbocycles. The third-order valence-corrected chi connectivity index (χ3v) is 5.48. The van der Waals surface area contributed by atoms with Gasteiger partial charge >= 0.3 is 0 Å². The van der Waals surface area contributed by atoms with Crippen LogP contribution in [0.2, 0.25) is 0 Å². The number of aromatic nitrogens is 3. The number of pyridine rings is 1. The number of carbonyl (C=O) groups is 1. The van der Waals surface area contributed by atoms with Crippen molar-refractivity contribution in [3.63, 3.8) is 0 Å². The van der Waals surface area contributed by atoms with Crippen LogP contribution in [0.15, 0.2) is 36.9 Å². The summed E-state index contributed by atoms with van der Waals surface area (Å²) in [4.78, 5) is 18.7. The number of piperidine rings is 1. The maximum absolute atomic E-state index is 12.1. The predicted molar refractivity (Wildman–Crippen MR) is 90.2 cm³/mol. The molecule has 1 N–H and O–H groups in total. The van der Waals surface area contributed by atoms with Crippen molar-refractivity contribution in [2.75, 3.05) is 13.1 Å². The van der Waals surface area contributed by atoms with Crippen LogP contribution in [0.3, 0.4) is 0 Å². The zero-order chi connectivity index (χ0) is 16.6. The molecule has 4 heterocycles. The number of hydrogen-bond donors (Lipinski definition) is 1. The molecule has 24 heavy (non-hydrogen) atoms. The first-order valence-corrected chi connectivity index (χ1v) is 8.55. The first-order chi connectivity index (χ1) is 11.6. The van der Waals surface area contributed by atoms with Gasteiger partial charge in [0.05, 0.1) is 6.20 Å². The summed E-state index contributed by atoms with van der Waals surface area (Å²) in [5.74, 6) is 0.410. The summed E-state index contributed by atoms with van der Waals surface area (Å²) < 4.78 is 1.82. The Labute approximate surface area is 141 Å². The van der Waals surface area contributed by atoms with E-state index in [0.717, 1.165) is 32.5 Å². The topological polar surface area (TPSA) is 63.1 Å². The van der Waals surface area contributed by atoms with Gasteiger partial charge in [-0.25, -0.2) is 0 Å². The molecule has 0 aliphatic carbocycles. The van der Waals surface area contributed by atoms with Gasteiger partial charge in [-0.3, -0.25) is 19.4 Å². The highest BCUT2D eigenvalue weighted by Gasteiger charge is 2.48. The largest absolute Gasteiger partial charge is 0.350 e. The Balaban J connectivity index is 1.47. The van der Waals surface area contributed by atoms with Gasteiger partial charge < -0.3 is 5.32 Å². The number of hydrogen-bond acceptors (Lipinski definition) is 4.